The van der Waals surface area contributed by atoms with Crippen LogP contribution in [0.5, 0.6) is 0 Å². The topological polar surface area (TPSA) is 43.1 Å². The van der Waals surface area contributed by atoms with Crippen LogP contribution in [0, 0.1) is 19.8 Å². The number of aromatic nitrogens is 3. The lowest BCUT2D eigenvalue weighted by atomic mass is 9.97. The summed E-state index contributed by atoms with van der Waals surface area (Å²) in [4.78, 5) is 15.2. The fraction of sp³-hybridized carbons (Fsp3) is 0.360. The van der Waals surface area contributed by atoms with Gasteiger partial charge in [0, 0.05) is 42.7 Å². The van der Waals surface area contributed by atoms with Crippen LogP contribution < -0.4 is 0 Å². The number of nitrogens with zero attached hydrogens (tertiary/aromatic N) is 4. The zero-order valence-electron chi connectivity index (χ0n) is 18.1. The lowest BCUT2D eigenvalue weighted by Gasteiger charge is -2.24. The number of amides is 1. The second-order valence-corrected chi connectivity index (χ2v) is 8.78. The lowest BCUT2D eigenvalue weighted by molar-refractivity contribution is 0.0697. The van der Waals surface area contributed by atoms with Gasteiger partial charge in [0.15, 0.2) is 5.82 Å². The van der Waals surface area contributed by atoms with Gasteiger partial charge in [0.1, 0.15) is 0 Å². The maximum Gasteiger partial charge on any atom is 0.255 e. The Bertz CT molecular complexity index is 1160. The van der Waals surface area contributed by atoms with Crippen LogP contribution in [0.4, 0.5) is 0 Å². The molecule has 5 nitrogen and oxygen atoms in total. The van der Waals surface area contributed by atoms with Gasteiger partial charge in [-0.3, -0.25) is 9.48 Å². The number of hydrogen-bond acceptors (Lipinski definition) is 2. The summed E-state index contributed by atoms with van der Waals surface area (Å²) in [6.07, 6.45) is 4.27. The van der Waals surface area contributed by atoms with Gasteiger partial charge in [-0.1, -0.05) is 12.7 Å². The van der Waals surface area contributed by atoms with E-state index in [4.69, 9.17) is 5.10 Å². The molecule has 5 heteroatoms. The maximum absolute atomic E-state index is 13.2. The highest BCUT2D eigenvalue weighted by Crippen LogP contribution is 2.40. The second-order valence-electron chi connectivity index (χ2n) is 8.78. The van der Waals surface area contributed by atoms with Crippen molar-refractivity contribution in [3.05, 3.63) is 65.0 Å². The third kappa shape index (κ3) is 2.83. The minimum atomic E-state index is 0.148. The van der Waals surface area contributed by atoms with Crippen molar-refractivity contribution in [2.45, 2.75) is 46.2 Å². The molecule has 1 aliphatic heterocycles. The number of fused-ring (bicyclic) bond motifs is 1. The molecular formula is C25H28N4O. The van der Waals surface area contributed by atoms with Crippen LogP contribution in [0.15, 0.2) is 36.9 Å². The fourth-order valence-electron chi connectivity index (χ4n) is 4.84. The van der Waals surface area contributed by atoms with E-state index in [0.29, 0.717) is 18.5 Å². The van der Waals surface area contributed by atoms with Gasteiger partial charge in [-0.2, -0.15) is 5.10 Å². The van der Waals surface area contributed by atoms with Crippen molar-refractivity contribution in [1.29, 1.82) is 0 Å². The van der Waals surface area contributed by atoms with Crippen LogP contribution in [0.1, 0.15) is 52.6 Å². The fourth-order valence-corrected chi connectivity index (χ4v) is 4.84. The standard InChI is InChI=1S/C25H28N4O/c1-6-18-11-20(12-21-14-28(25(30)24(18)21)17(4)19-9-10-19)22-13-23(26-27(22)5)29-15(2)7-8-16(29)3/h6-8,11-13,17,19H,1,9-10,14H2,2-5H3. The molecule has 1 atom stereocenters. The van der Waals surface area contributed by atoms with Crippen LogP contribution in [0.3, 0.4) is 0 Å². The summed E-state index contributed by atoms with van der Waals surface area (Å²) >= 11 is 0. The normalized spacial score (nSPS) is 16.8. The van der Waals surface area contributed by atoms with Gasteiger partial charge in [-0.25, -0.2) is 0 Å². The average Bonchev–Trinajstić information content (AvgIpc) is 3.33. The summed E-state index contributed by atoms with van der Waals surface area (Å²) in [5, 5.41) is 4.77. The Labute approximate surface area is 177 Å². The summed E-state index contributed by atoms with van der Waals surface area (Å²) < 4.78 is 4.08. The predicted molar refractivity (Wildman–Crippen MR) is 120 cm³/mol. The highest BCUT2D eigenvalue weighted by Gasteiger charge is 2.39. The molecule has 30 heavy (non-hydrogen) atoms. The van der Waals surface area contributed by atoms with E-state index in [2.05, 4.69) is 62.2 Å². The van der Waals surface area contributed by atoms with E-state index >= 15 is 0 Å². The average molecular weight is 401 g/mol. The summed E-state index contributed by atoms with van der Waals surface area (Å²) in [7, 11) is 1.97. The van der Waals surface area contributed by atoms with E-state index in [1.54, 1.807) is 0 Å². The number of carbonyl (C=O) groups is 1. The van der Waals surface area contributed by atoms with Gasteiger partial charge in [0.2, 0.25) is 0 Å². The van der Waals surface area contributed by atoms with Gasteiger partial charge in [0.05, 0.1) is 11.3 Å². The Morgan fingerprint density at radius 2 is 1.87 bits per heavy atom. The number of rotatable bonds is 5. The molecule has 2 aliphatic rings. The Kier molecular flexibility index (Phi) is 4.24. The van der Waals surface area contributed by atoms with Crippen molar-refractivity contribution in [3.8, 4) is 17.1 Å². The quantitative estimate of drug-likeness (QED) is 0.612. The van der Waals surface area contributed by atoms with Gasteiger partial charge in [0.25, 0.3) is 5.91 Å². The molecule has 1 aromatic carbocycles. The van der Waals surface area contributed by atoms with Gasteiger partial charge in [-0.05, 0) is 74.9 Å². The van der Waals surface area contributed by atoms with E-state index in [0.717, 1.165) is 45.2 Å². The Hall–Kier alpha value is -3.08. The van der Waals surface area contributed by atoms with Crippen LogP contribution in [0.2, 0.25) is 0 Å². The van der Waals surface area contributed by atoms with E-state index in [-0.39, 0.29) is 5.91 Å². The maximum atomic E-state index is 13.2. The van der Waals surface area contributed by atoms with Gasteiger partial charge in [-0.15, -0.1) is 0 Å². The number of carbonyl (C=O) groups excluding carboxylic acids is 1. The summed E-state index contributed by atoms with van der Waals surface area (Å²) in [5.41, 5.74) is 7.25. The largest absolute Gasteiger partial charge is 0.331 e. The van der Waals surface area contributed by atoms with Crippen molar-refractivity contribution in [1.82, 2.24) is 19.2 Å². The van der Waals surface area contributed by atoms with Crippen molar-refractivity contribution >= 4 is 12.0 Å². The molecular weight excluding hydrogens is 372 g/mol. The highest BCUT2D eigenvalue weighted by atomic mass is 16.2. The zero-order chi connectivity index (χ0) is 21.2. The van der Waals surface area contributed by atoms with Crippen LogP contribution >= 0.6 is 0 Å². The first-order chi connectivity index (χ1) is 14.4. The van der Waals surface area contributed by atoms with E-state index in [9.17, 15) is 4.79 Å². The molecule has 1 fully saturated rings. The second kappa shape index (κ2) is 6.73. The van der Waals surface area contributed by atoms with E-state index in [1.807, 2.05) is 22.7 Å². The molecule has 1 unspecified atom stereocenters. The van der Waals surface area contributed by atoms with Crippen LogP contribution in [-0.4, -0.2) is 31.2 Å². The van der Waals surface area contributed by atoms with Crippen molar-refractivity contribution in [2.75, 3.05) is 0 Å². The Morgan fingerprint density at radius 3 is 2.50 bits per heavy atom. The molecule has 0 spiro atoms. The summed E-state index contributed by atoms with van der Waals surface area (Å²) in [6, 6.07) is 10.9. The molecule has 0 radical (unpaired) electrons. The molecule has 0 bridgehead atoms. The molecule has 2 aromatic heterocycles. The van der Waals surface area contributed by atoms with Crippen LogP contribution in [0.25, 0.3) is 23.2 Å². The monoisotopic (exact) mass is 400 g/mol. The third-order valence-electron chi connectivity index (χ3n) is 6.74. The number of aryl methyl sites for hydroxylation is 3. The first-order valence-electron chi connectivity index (χ1n) is 10.7. The first kappa shape index (κ1) is 18.9. The Morgan fingerprint density at radius 1 is 1.17 bits per heavy atom. The summed E-state index contributed by atoms with van der Waals surface area (Å²) in [6.45, 7) is 11.0. The van der Waals surface area contributed by atoms with Crippen molar-refractivity contribution < 1.29 is 4.79 Å². The molecule has 0 N–H and O–H groups in total. The highest BCUT2D eigenvalue weighted by molar-refractivity contribution is 6.02. The van der Waals surface area contributed by atoms with E-state index < -0.39 is 0 Å². The SMILES string of the molecule is C=Cc1cc(-c2cc(-n3c(C)ccc3C)nn2C)cc2c1C(=O)N(C(C)C1CC1)C2. The minimum Gasteiger partial charge on any atom is -0.331 e. The van der Waals surface area contributed by atoms with Crippen molar-refractivity contribution in [3.63, 3.8) is 0 Å². The molecule has 1 aliphatic carbocycles. The molecule has 3 heterocycles. The first-order valence-corrected chi connectivity index (χ1v) is 10.7. The predicted octanol–water partition coefficient (Wildman–Crippen LogP) is 4.89. The van der Waals surface area contributed by atoms with E-state index in [1.165, 1.54) is 12.8 Å². The zero-order valence-corrected chi connectivity index (χ0v) is 18.1. The van der Waals surface area contributed by atoms with Gasteiger partial charge < -0.3 is 9.47 Å². The summed E-state index contributed by atoms with van der Waals surface area (Å²) in [5.74, 6) is 1.71. The molecule has 1 amide bonds. The molecule has 5 rings (SSSR count). The number of hydrogen-bond donors (Lipinski definition) is 0. The van der Waals surface area contributed by atoms with Gasteiger partial charge >= 0.3 is 0 Å². The molecule has 154 valence electrons. The van der Waals surface area contributed by atoms with Crippen molar-refractivity contribution in [2.24, 2.45) is 13.0 Å². The molecule has 0 saturated heterocycles. The molecule has 1 saturated carbocycles. The smallest absolute Gasteiger partial charge is 0.255 e. The third-order valence-corrected chi connectivity index (χ3v) is 6.74. The molecule has 3 aromatic rings. The lowest BCUT2D eigenvalue weighted by Crippen LogP contribution is -2.34. The van der Waals surface area contributed by atoms with Crippen LogP contribution in [-0.2, 0) is 13.6 Å². The number of benzene rings is 1. The Balaban J connectivity index is 1.57. The minimum absolute atomic E-state index is 0.148.